The van der Waals surface area contributed by atoms with Gasteiger partial charge in [0.25, 0.3) is 0 Å². The molecule has 1 aromatic carbocycles. The van der Waals surface area contributed by atoms with Gasteiger partial charge in [0.1, 0.15) is 0 Å². The average molecular weight is 270 g/mol. The quantitative estimate of drug-likeness (QED) is 0.549. The van der Waals surface area contributed by atoms with Crippen LogP contribution in [0.2, 0.25) is 0 Å². The normalized spacial score (nSPS) is 22.2. The molecule has 1 amide bonds. The summed E-state index contributed by atoms with van der Waals surface area (Å²) in [5, 5.41) is 16.4. The van der Waals surface area contributed by atoms with Crippen LogP contribution in [-0.4, -0.2) is 24.1 Å². The average Bonchev–Trinajstić information content (AvgIpc) is 2.37. The van der Waals surface area contributed by atoms with E-state index in [4.69, 9.17) is 0 Å². The minimum absolute atomic E-state index is 0. The molecule has 19 heavy (non-hydrogen) atoms. The molecular formula is C13H15N2NaO3. The molecular weight excluding hydrogens is 255 g/mol. The third-order valence-corrected chi connectivity index (χ3v) is 2.98. The first-order valence-corrected chi connectivity index (χ1v) is 5.95. The molecule has 0 aliphatic carbocycles. The van der Waals surface area contributed by atoms with E-state index in [1.165, 1.54) is 0 Å². The van der Waals surface area contributed by atoms with Gasteiger partial charge in [-0.05, 0) is 18.4 Å². The molecule has 1 aromatic rings. The molecule has 0 radical (unpaired) electrons. The van der Waals surface area contributed by atoms with Crippen molar-refractivity contribution in [2.24, 2.45) is 0 Å². The van der Waals surface area contributed by atoms with E-state index in [0.717, 1.165) is 12.0 Å². The van der Waals surface area contributed by atoms with Crippen molar-refractivity contribution >= 4 is 11.9 Å². The van der Waals surface area contributed by atoms with Crippen molar-refractivity contribution in [3.63, 3.8) is 0 Å². The Morgan fingerprint density at radius 1 is 1.32 bits per heavy atom. The van der Waals surface area contributed by atoms with Gasteiger partial charge >= 0.3 is 29.6 Å². The van der Waals surface area contributed by atoms with Crippen LogP contribution in [-0.2, 0) is 16.0 Å². The Morgan fingerprint density at radius 2 is 2.00 bits per heavy atom. The molecule has 1 aliphatic rings. The first kappa shape index (κ1) is 16.2. The smallest absolute Gasteiger partial charge is 0.548 e. The predicted octanol–water partition coefficient (Wildman–Crippen LogP) is -3.82. The van der Waals surface area contributed by atoms with Crippen molar-refractivity contribution in [3.05, 3.63) is 35.9 Å². The number of aryl methyl sites for hydroxylation is 1. The fourth-order valence-corrected chi connectivity index (χ4v) is 2.04. The van der Waals surface area contributed by atoms with Gasteiger partial charge in [-0.2, -0.15) is 0 Å². The van der Waals surface area contributed by atoms with Crippen LogP contribution in [0.5, 0.6) is 0 Å². The van der Waals surface area contributed by atoms with E-state index in [0.29, 0.717) is 6.42 Å². The largest absolute Gasteiger partial charge is 1.00 e. The van der Waals surface area contributed by atoms with Crippen molar-refractivity contribution in [3.8, 4) is 0 Å². The summed E-state index contributed by atoms with van der Waals surface area (Å²) in [4.78, 5) is 22.1. The Balaban J connectivity index is 0.00000180. The van der Waals surface area contributed by atoms with E-state index in [9.17, 15) is 14.7 Å². The zero-order valence-electron chi connectivity index (χ0n) is 10.9. The Labute approximate surface area is 134 Å². The molecule has 1 aliphatic heterocycles. The van der Waals surface area contributed by atoms with Crippen LogP contribution in [0.3, 0.4) is 0 Å². The molecule has 0 bridgehead atoms. The molecule has 2 atom stereocenters. The summed E-state index contributed by atoms with van der Waals surface area (Å²) in [5.41, 5.74) is 1.16. The second kappa shape index (κ2) is 7.65. The van der Waals surface area contributed by atoms with E-state index in [-0.39, 0.29) is 48.1 Å². The van der Waals surface area contributed by atoms with Gasteiger partial charge in [-0.3, -0.25) is 10.1 Å². The SMILES string of the molecule is O=C1C[C@@H](C(=O)[O-])NC(CCc2ccccc2)N1.[Na+]. The molecule has 96 valence electrons. The van der Waals surface area contributed by atoms with Gasteiger partial charge < -0.3 is 15.2 Å². The summed E-state index contributed by atoms with van der Waals surface area (Å²) in [7, 11) is 0. The number of nitrogens with one attached hydrogen (secondary N) is 2. The van der Waals surface area contributed by atoms with E-state index < -0.39 is 12.0 Å². The number of carbonyl (C=O) groups is 2. The van der Waals surface area contributed by atoms with Crippen molar-refractivity contribution in [1.82, 2.24) is 10.6 Å². The zero-order chi connectivity index (χ0) is 13.0. The maximum absolute atomic E-state index is 11.4. The summed E-state index contributed by atoms with van der Waals surface area (Å²) in [6.45, 7) is 0. The Hall–Kier alpha value is -0.880. The minimum Gasteiger partial charge on any atom is -0.548 e. The molecule has 2 rings (SSSR count). The van der Waals surface area contributed by atoms with Crippen LogP contribution in [0.4, 0.5) is 0 Å². The molecule has 1 fully saturated rings. The summed E-state index contributed by atoms with van der Waals surface area (Å²) in [5.74, 6) is -1.48. The molecule has 0 aromatic heterocycles. The maximum atomic E-state index is 11.4. The third kappa shape index (κ3) is 4.95. The van der Waals surface area contributed by atoms with Crippen molar-refractivity contribution in [2.45, 2.75) is 31.5 Å². The molecule has 1 unspecified atom stereocenters. The Morgan fingerprint density at radius 3 is 2.63 bits per heavy atom. The number of hydrogen-bond acceptors (Lipinski definition) is 4. The maximum Gasteiger partial charge on any atom is 1.00 e. The number of amides is 1. The van der Waals surface area contributed by atoms with Crippen molar-refractivity contribution < 1.29 is 44.3 Å². The van der Waals surface area contributed by atoms with Crippen molar-refractivity contribution in [2.75, 3.05) is 0 Å². The predicted molar refractivity (Wildman–Crippen MR) is 63.2 cm³/mol. The monoisotopic (exact) mass is 270 g/mol. The molecule has 1 heterocycles. The summed E-state index contributed by atoms with van der Waals surface area (Å²) in [6, 6.07) is 8.95. The van der Waals surface area contributed by atoms with Gasteiger partial charge in [-0.15, -0.1) is 0 Å². The first-order valence-electron chi connectivity index (χ1n) is 5.95. The van der Waals surface area contributed by atoms with Gasteiger partial charge in [0, 0.05) is 6.42 Å². The molecule has 6 heteroatoms. The van der Waals surface area contributed by atoms with E-state index in [1.54, 1.807) is 0 Å². The van der Waals surface area contributed by atoms with Crippen molar-refractivity contribution in [1.29, 1.82) is 0 Å². The second-order valence-corrected chi connectivity index (χ2v) is 4.39. The summed E-state index contributed by atoms with van der Waals surface area (Å²) >= 11 is 0. The van der Waals surface area contributed by atoms with Gasteiger partial charge in [-0.25, -0.2) is 0 Å². The number of carboxylic acid groups (broad SMARTS) is 1. The topological polar surface area (TPSA) is 81.3 Å². The van der Waals surface area contributed by atoms with Crippen LogP contribution in [0.25, 0.3) is 0 Å². The number of carbonyl (C=O) groups excluding carboxylic acids is 2. The van der Waals surface area contributed by atoms with Crippen LogP contribution < -0.4 is 45.3 Å². The number of rotatable bonds is 4. The summed E-state index contributed by atoms with van der Waals surface area (Å²) in [6.07, 6.45) is 1.05. The number of benzene rings is 1. The Kier molecular flexibility index (Phi) is 6.51. The second-order valence-electron chi connectivity index (χ2n) is 4.39. The molecule has 0 saturated carbocycles. The molecule has 5 nitrogen and oxygen atoms in total. The van der Waals surface area contributed by atoms with Gasteiger partial charge in [0.2, 0.25) is 5.91 Å². The number of carboxylic acids is 1. The number of hydrogen-bond donors (Lipinski definition) is 2. The van der Waals surface area contributed by atoms with Crippen LogP contribution in [0, 0.1) is 0 Å². The minimum atomic E-state index is -1.23. The van der Waals surface area contributed by atoms with Crippen LogP contribution >= 0.6 is 0 Å². The van der Waals surface area contributed by atoms with Gasteiger partial charge in [-0.1, -0.05) is 30.3 Å². The Bertz CT molecular complexity index is 439. The van der Waals surface area contributed by atoms with Gasteiger partial charge in [0.05, 0.1) is 18.2 Å². The van der Waals surface area contributed by atoms with E-state index in [2.05, 4.69) is 10.6 Å². The molecule has 0 spiro atoms. The molecule has 2 N–H and O–H groups in total. The van der Waals surface area contributed by atoms with Crippen LogP contribution in [0.1, 0.15) is 18.4 Å². The fourth-order valence-electron chi connectivity index (χ4n) is 2.04. The van der Waals surface area contributed by atoms with Crippen LogP contribution in [0.15, 0.2) is 30.3 Å². The zero-order valence-corrected chi connectivity index (χ0v) is 12.9. The standard InChI is InChI=1S/C13H16N2O3.Na/c16-12-8-10(13(17)18)14-11(15-12)7-6-9-4-2-1-3-5-9;/h1-5,10-11,14H,6-8H2,(H,15,16)(H,17,18);/q;+1/p-1/t10-,11?;/m0./s1. The van der Waals surface area contributed by atoms with E-state index >= 15 is 0 Å². The third-order valence-electron chi connectivity index (χ3n) is 2.98. The summed E-state index contributed by atoms with van der Waals surface area (Å²) < 4.78 is 0. The molecule has 1 saturated heterocycles. The first-order chi connectivity index (χ1) is 8.65. The van der Waals surface area contributed by atoms with E-state index in [1.807, 2.05) is 30.3 Å². The van der Waals surface area contributed by atoms with Gasteiger partial charge in [0.15, 0.2) is 0 Å². The fraction of sp³-hybridized carbons (Fsp3) is 0.385. The number of aliphatic carboxylic acids is 1.